The van der Waals surface area contributed by atoms with Gasteiger partial charge in [-0.05, 0) is 45.4 Å². The van der Waals surface area contributed by atoms with Gasteiger partial charge in [0.1, 0.15) is 23.6 Å². The fourth-order valence-electron chi connectivity index (χ4n) is 2.55. The Morgan fingerprint density at radius 2 is 1.96 bits per heavy atom. The van der Waals surface area contributed by atoms with E-state index in [9.17, 15) is 14.0 Å². The molecule has 25 heavy (non-hydrogen) atoms. The van der Waals surface area contributed by atoms with Crippen molar-refractivity contribution in [2.45, 2.75) is 45.4 Å². The van der Waals surface area contributed by atoms with Crippen molar-refractivity contribution >= 4 is 12.0 Å². The molecule has 2 atom stereocenters. The predicted molar refractivity (Wildman–Crippen MR) is 90.5 cm³/mol. The van der Waals surface area contributed by atoms with Crippen LogP contribution in [0.2, 0.25) is 0 Å². The Morgan fingerprint density at radius 3 is 2.56 bits per heavy atom. The summed E-state index contributed by atoms with van der Waals surface area (Å²) in [5.41, 5.74) is 0.186. The summed E-state index contributed by atoms with van der Waals surface area (Å²) < 4.78 is 23.9. The molecule has 1 aromatic carbocycles. The van der Waals surface area contributed by atoms with Crippen LogP contribution in [-0.2, 0) is 14.3 Å². The molecule has 1 aliphatic rings. The third-order valence-corrected chi connectivity index (χ3v) is 3.72. The molecule has 0 saturated carbocycles. The summed E-state index contributed by atoms with van der Waals surface area (Å²) in [6, 6.07) is 5.33. The molecular formula is C18H25FN2O4. The first-order chi connectivity index (χ1) is 11.7. The maximum Gasteiger partial charge on any atom is 0.408 e. The number of nitrogens with zero attached hydrogens (tertiary/aromatic N) is 1. The van der Waals surface area contributed by atoms with Gasteiger partial charge in [-0.1, -0.05) is 12.1 Å². The van der Waals surface area contributed by atoms with E-state index in [1.54, 1.807) is 44.7 Å². The summed E-state index contributed by atoms with van der Waals surface area (Å²) >= 11 is 0. The Balaban J connectivity index is 1.94. The highest BCUT2D eigenvalue weighted by molar-refractivity contribution is 5.85. The lowest BCUT2D eigenvalue weighted by atomic mass is 10.1. The van der Waals surface area contributed by atoms with Crippen molar-refractivity contribution in [2.24, 2.45) is 0 Å². The number of hydrogen-bond acceptors (Lipinski definition) is 4. The SMILES string of the molecule is C[C@@H](NC(=O)OC(C)(C)C)C(=O)N1CCOC(c2ccc(F)cc2)C1. The van der Waals surface area contributed by atoms with Crippen molar-refractivity contribution < 1.29 is 23.5 Å². The zero-order valence-corrected chi connectivity index (χ0v) is 15.0. The minimum Gasteiger partial charge on any atom is -0.444 e. The van der Waals surface area contributed by atoms with E-state index in [2.05, 4.69) is 5.32 Å². The van der Waals surface area contributed by atoms with Crippen LogP contribution >= 0.6 is 0 Å². The Labute approximate surface area is 147 Å². The van der Waals surface area contributed by atoms with Gasteiger partial charge in [0.25, 0.3) is 0 Å². The van der Waals surface area contributed by atoms with Crippen LogP contribution in [0.25, 0.3) is 0 Å². The lowest BCUT2D eigenvalue weighted by molar-refractivity contribution is -0.140. The largest absolute Gasteiger partial charge is 0.444 e. The Hall–Kier alpha value is -2.15. The zero-order valence-electron chi connectivity index (χ0n) is 15.0. The molecule has 1 saturated heterocycles. The molecule has 138 valence electrons. The van der Waals surface area contributed by atoms with E-state index in [-0.39, 0.29) is 17.8 Å². The van der Waals surface area contributed by atoms with Crippen LogP contribution in [0.15, 0.2) is 24.3 Å². The Morgan fingerprint density at radius 1 is 1.32 bits per heavy atom. The standard InChI is InChI=1S/C18H25FN2O4/c1-12(20-17(23)25-18(2,3)4)16(22)21-9-10-24-15(11-21)13-5-7-14(19)8-6-13/h5-8,12,15H,9-11H2,1-4H3,(H,20,23)/t12-,15?/m1/s1. The maximum absolute atomic E-state index is 13.0. The first-order valence-electron chi connectivity index (χ1n) is 8.31. The fourth-order valence-corrected chi connectivity index (χ4v) is 2.55. The van der Waals surface area contributed by atoms with Crippen molar-refractivity contribution in [2.75, 3.05) is 19.7 Å². The van der Waals surface area contributed by atoms with Crippen molar-refractivity contribution in [3.05, 3.63) is 35.6 Å². The van der Waals surface area contributed by atoms with Gasteiger partial charge in [-0.2, -0.15) is 0 Å². The van der Waals surface area contributed by atoms with Crippen molar-refractivity contribution in [1.82, 2.24) is 10.2 Å². The average Bonchev–Trinajstić information content (AvgIpc) is 2.53. The highest BCUT2D eigenvalue weighted by Gasteiger charge is 2.29. The van der Waals surface area contributed by atoms with Crippen LogP contribution in [0.3, 0.4) is 0 Å². The van der Waals surface area contributed by atoms with E-state index < -0.39 is 17.7 Å². The molecule has 1 fully saturated rings. The van der Waals surface area contributed by atoms with Crippen molar-refractivity contribution in [3.63, 3.8) is 0 Å². The van der Waals surface area contributed by atoms with Gasteiger partial charge in [-0.3, -0.25) is 4.79 Å². The molecule has 0 aromatic heterocycles. The smallest absolute Gasteiger partial charge is 0.408 e. The minimum absolute atomic E-state index is 0.207. The number of ether oxygens (including phenoxy) is 2. The molecule has 0 spiro atoms. The second-order valence-corrected chi connectivity index (χ2v) is 7.06. The van der Waals surface area contributed by atoms with Gasteiger partial charge in [-0.15, -0.1) is 0 Å². The highest BCUT2D eigenvalue weighted by atomic mass is 19.1. The molecule has 1 heterocycles. The first-order valence-corrected chi connectivity index (χ1v) is 8.31. The number of amides is 2. The second-order valence-electron chi connectivity index (χ2n) is 7.06. The second kappa shape index (κ2) is 7.82. The molecule has 0 aliphatic carbocycles. The lowest BCUT2D eigenvalue weighted by Gasteiger charge is -2.34. The fraction of sp³-hybridized carbons (Fsp3) is 0.556. The molecule has 1 aromatic rings. The lowest BCUT2D eigenvalue weighted by Crippen LogP contribution is -2.51. The van der Waals surface area contributed by atoms with Gasteiger partial charge in [-0.25, -0.2) is 9.18 Å². The molecular weight excluding hydrogens is 327 g/mol. The van der Waals surface area contributed by atoms with Crippen LogP contribution in [0, 0.1) is 5.82 Å². The van der Waals surface area contributed by atoms with Gasteiger partial charge in [0.05, 0.1) is 13.2 Å². The number of carbonyl (C=O) groups is 2. The van der Waals surface area contributed by atoms with Gasteiger partial charge < -0.3 is 19.7 Å². The van der Waals surface area contributed by atoms with E-state index in [0.29, 0.717) is 19.7 Å². The quantitative estimate of drug-likeness (QED) is 0.908. The van der Waals surface area contributed by atoms with Crippen molar-refractivity contribution in [1.29, 1.82) is 0 Å². The molecule has 1 N–H and O–H groups in total. The van der Waals surface area contributed by atoms with Gasteiger partial charge in [0.15, 0.2) is 0 Å². The number of carbonyl (C=O) groups excluding carboxylic acids is 2. The molecule has 2 amide bonds. The molecule has 0 bridgehead atoms. The third kappa shape index (κ3) is 5.70. The maximum atomic E-state index is 13.0. The van der Waals surface area contributed by atoms with Crippen molar-refractivity contribution in [3.8, 4) is 0 Å². The summed E-state index contributed by atoms with van der Waals surface area (Å²) in [7, 11) is 0. The van der Waals surface area contributed by atoms with Gasteiger partial charge >= 0.3 is 6.09 Å². The Bertz CT molecular complexity index is 612. The summed E-state index contributed by atoms with van der Waals surface area (Å²) in [4.78, 5) is 26.0. The van der Waals surface area contributed by atoms with E-state index in [0.717, 1.165) is 5.56 Å². The number of halogens is 1. The number of hydrogen-bond donors (Lipinski definition) is 1. The third-order valence-electron chi connectivity index (χ3n) is 3.72. The number of rotatable bonds is 3. The number of nitrogens with one attached hydrogen (secondary N) is 1. The molecule has 7 heteroatoms. The van der Waals surface area contributed by atoms with E-state index in [1.165, 1.54) is 12.1 Å². The monoisotopic (exact) mass is 352 g/mol. The minimum atomic E-state index is -0.707. The zero-order chi connectivity index (χ0) is 18.6. The van der Waals surface area contributed by atoms with Crippen LogP contribution in [0.1, 0.15) is 39.4 Å². The molecule has 0 radical (unpaired) electrons. The van der Waals surface area contributed by atoms with Gasteiger partial charge in [0.2, 0.25) is 5.91 Å². The molecule has 1 aliphatic heterocycles. The molecule has 6 nitrogen and oxygen atoms in total. The van der Waals surface area contributed by atoms with Gasteiger partial charge in [0, 0.05) is 6.54 Å². The molecule has 1 unspecified atom stereocenters. The number of alkyl carbamates (subject to hydrolysis) is 1. The van der Waals surface area contributed by atoms with E-state index in [4.69, 9.17) is 9.47 Å². The van der Waals surface area contributed by atoms with Crippen LogP contribution in [-0.4, -0.2) is 48.2 Å². The summed E-state index contributed by atoms with van der Waals surface area (Å²) in [5.74, 6) is -0.524. The topological polar surface area (TPSA) is 67.9 Å². The highest BCUT2D eigenvalue weighted by Crippen LogP contribution is 2.23. The van der Waals surface area contributed by atoms with Crippen LogP contribution < -0.4 is 5.32 Å². The van der Waals surface area contributed by atoms with Crippen LogP contribution in [0.5, 0.6) is 0 Å². The van der Waals surface area contributed by atoms with E-state index in [1.807, 2.05) is 0 Å². The van der Waals surface area contributed by atoms with E-state index >= 15 is 0 Å². The first kappa shape index (κ1) is 19.2. The summed E-state index contributed by atoms with van der Waals surface area (Å²) in [6.45, 7) is 8.07. The normalized spacial score (nSPS) is 19.2. The molecule has 2 rings (SSSR count). The average molecular weight is 352 g/mol. The number of benzene rings is 1. The summed E-state index contributed by atoms with van der Waals surface area (Å²) in [5, 5.41) is 2.55. The number of morpholine rings is 1. The predicted octanol–water partition coefficient (Wildman–Crippen LogP) is 2.64. The summed E-state index contributed by atoms with van der Waals surface area (Å²) in [6.07, 6.45) is -0.941. The van der Waals surface area contributed by atoms with Crippen LogP contribution in [0.4, 0.5) is 9.18 Å². The Kier molecular flexibility index (Phi) is 6.00.